The second-order valence-electron chi connectivity index (χ2n) is 4.47. The van der Waals surface area contributed by atoms with Gasteiger partial charge >= 0.3 is 0 Å². The standard InChI is InChI=1S/C14H11N5S2/c15-4-12-18-11(7-20-12)14-19-10(6-21-14)9-5-17-13-8(9)2-1-3-16-13/h1-3,5-7H,4,15H2,(H,16,17). The van der Waals surface area contributed by atoms with Crippen molar-refractivity contribution in [3.63, 3.8) is 0 Å². The third kappa shape index (κ3) is 2.15. The maximum Gasteiger partial charge on any atom is 0.143 e. The molecule has 4 rings (SSSR count). The summed E-state index contributed by atoms with van der Waals surface area (Å²) in [7, 11) is 0. The number of aromatic nitrogens is 4. The van der Waals surface area contributed by atoms with E-state index < -0.39 is 0 Å². The molecule has 0 aliphatic heterocycles. The summed E-state index contributed by atoms with van der Waals surface area (Å²) in [4.78, 5) is 16.6. The van der Waals surface area contributed by atoms with E-state index in [-0.39, 0.29) is 0 Å². The van der Waals surface area contributed by atoms with Crippen LogP contribution in [-0.4, -0.2) is 19.9 Å². The van der Waals surface area contributed by atoms with Gasteiger partial charge in [-0.1, -0.05) is 0 Å². The van der Waals surface area contributed by atoms with Gasteiger partial charge in [0.25, 0.3) is 0 Å². The van der Waals surface area contributed by atoms with Crippen LogP contribution in [-0.2, 0) is 6.54 Å². The van der Waals surface area contributed by atoms with E-state index in [1.54, 1.807) is 28.9 Å². The van der Waals surface area contributed by atoms with Gasteiger partial charge < -0.3 is 10.7 Å². The SMILES string of the molecule is NCc1nc(-c2nc(-c3c[nH]c4ncccc34)cs2)cs1. The number of aromatic amines is 1. The van der Waals surface area contributed by atoms with Crippen molar-refractivity contribution in [2.24, 2.45) is 5.73 Å². The summed E-state index contributed by atoms with van der Waals surface area (Å²) in [6, 6.07) is 3.98. The Balaban J connectivity index is 1.77. The van der Waals surface area contributed by atoms with E-state index in [0.717, 1.165) is 38.0 Å². The molecule has 0 aliphatic rings. The lowest BCUT2D eigenvalue weighted by Crippen LogP contribution is -1.94. The number of pyridine rings is 1. The first-order valence-corrected chi connectivity index (χ1v) is 8.14. The van der Waals surface area contributed by atoms with Gasteiger partial charge in [0, 0.05) is 40.6 Å². The van der Waals surface area contributed by atoms with Crippen LogP contribution in [0, 0.1) is 0 Å². The molecule has 3 N–H and O–H groups in total. The largest absolute Gasteiger partial charge is 0.345 e. The number of thiazole rings is 2. The Hall–Kier alpha value is -2.09. The van der Waals surface area contributed by atoms with Gasteiger partial charge in [-0.2, -0.15) is 0 Å². The molecule has 0 saturated heterocycles. The normalized spacial score (nSPS) is 11.3. The van der Waals surface area contributed by atoms with E-state index in [0.29, 0.717) is 6.54 Å². The predicted octanol–water partition coefficient (Wildman–Crippen LogP) is 3.27. The molecule has 0 spiro atoms. The fourth-order valence-electron chi connectivity index (χ4n) is 2.19. The first-order chi connectivity index (χ1) is 10.3. The van der Waals surface area contributed by atoms with Crippen molar-refractivity contribution in [2.45, 2.75) is 6.54 Å². The first-order valence-electron chi connectivity index (χ1n) is 6.38. The molecule has 0 amide bonds. The van der Waals surface area contributed by atoms with E-state index in [1.165, 1.54) is 0 Å². The van der Waals surface area contributed by atoms with E-state index in [4.69, 9.17) is 10.7 Å². The second-order valence-corrected chi connectivity index (χ2v) is 6.27. The minimum Gasteiger partial charge on any atom is -0.345 e. The van der Waals surface area contributed by atoms with Crippen molar-refractivity contribution in [1.29, 1.82) is 0 Å². The molecular formula is C14H11N5S2. The van der Waals surface area contributed by atoms with Crippen molar-refractivity contribution in [3.8, 4) is 22.0 Å². The van der Waals surface area contributed by atoms with Crippen LogP contribution < -0.4 is 5.73 Å². The molecule has 4 aromatic heterocycles. The van der Waals surface area contributed by atoms with E-state index in [2.05, 4.69) is 15.0 Å². The van der Waals surface area contributed by atoms with Crippen LogP contribution in [0.5, 0.6) is 0 Å². The number of hydrogen-bond acceptors (Lipinski definition) is 6. The molecular weight excluding hydrogens is 302 g/mol. The molecule has 0 atom stereocenters. The Labute approximate surface area is 128 Å². The minimum absolute atomic E-state index is 0.469. The summed E-state index contributed by atoms with van der Waals surface area (Å²) in [6.45, 7) is 0.469. The molecule has 21 heavy (non-hydrogen) atoms. The number of nitrogens with two attached hydrogens (primary N) is 1. The number of fused-ring (bicyclic) bond motifs is 1. The molecule has 0 saturated carbocycles. The van der Waals surface area contributed by atoms with Crippen LogP contribution in [0.25, 0.3) is 33.0 Å². The first kappa shape index (κ1) is 12.6. The van der Waals surface area contributed by atoms with Crippen LogP contribution >= 0.6 is 22.7 Å². The highest BCUT2D eigenvalue weighted by molar-refractivity contribution is 7.14. The quantitative estimate of drug-likeness (QED) is 0.608. The molecule has 0 radical (unpaired) electrons. The zero-order valence-electron chi connectivity index (χ0n) is 10.9. The van der Waals surface area contributed by atoms with Gasteiger partial charge in [0.15, 0.2) is 0 Å². The molecule has 0 unspecified atom stereocenters. The maximum absolute atomic E-state index is 5.61. The van der Waals surface area contributed by atoms with Crippen molar-refractivity contribution in [2.75, 3.05) is 0 Å². The van der Waals surface area contributed by atoms with E-state index in [1.807, 2.05) is 29.1 Å². The topological polar surface area (TPSA) is 80.5 Å². The fraction of sp³-hybridized carbons (Fsp3) is 0.0714. The minimum atomic E-state index is 0.469. The molecule has 7 heteroatoms. The van der Waals surface area contributed by atoms with Gasteiger partial charge in [-0.3, -0.25) is 0 Å². The highest BCUT2D eigenvalue weighted by Gasteiger charge is 2.13. The van der Waals surface area contributed by atoms with Gasteiger partial charge in [0.05, 0.1) is 5.69 Å². The Morgan fingerprint density at radius 2 is 2.05 bits per heavy atom. The maximum atomic E-state index is 5.61. The molecule has 0 aromatic carbocycles. The number of rotatable bonds is 3. The highest BCUT2D eigenvalue weighted by atomic mass is 32.1. The number of nitrogens with one attached hydrogen (secondary N) is 1. The van der Waals surface area contributed by atoms with Crippen LogP contribution in [0.4, 0.5) is 0 Å². The monoisotopic (exact) mass is 313 g/mol. The summed E-state index contributed by atoms with van der Waals surface area (Å²) in [6.07, 6.45) is 3.72. The molecule has 0 aliphatic carbocycles. The zero-order chi connectivity index (χ0) is 14.2. The third-order valence-electron chi connectivity index (χ3n) is 3.18. The summed E-state index contributed by atoms with van der Waals surface area (Å²) < 4.78 is 0. The highest BCUT2D eigenvalue weighted by Crippen LogP contribution is 2.32. The molecule has 0 fully saturated rings. The summed E-state index contributed by atoms with van der Waals surface area (Å²) >= 11 is 3.16. The molecule has 4 aromatic rings. The van der Waals surface area contributed by atoms with Gasteiger partial charge in [-0.05, 0) is 12.1 Å². The van der Waals surface area contributed by atoms with Crippen molar-refractivity contribution in [1.82, 2.24) is 19.9 Å². The van der Waals surface area contributed by atoms with E-state index >= 15 is 0 Å². The van der Waals surface area contributed by atoms with Crippen molar-refractivity contribution in [3.05, 3.63) is 40.3 Å². The fourth-order valence-corrected chi connectivity index (χ4v) is 3.70. The van der Waals surface area contributed by atoms with Crippen LogP contribution in [0.1, 0.15) is 5.01 Å². The van der Waals surface area contributed by atoms with Crippen molar-refractivity contribution >= 4 is 33.7 Å². The lowest BCUT2D eigenvalue weighted by atomic mass is 10.2. The molecule has 4 heterocycles. The molecule has 5 nitrogen and oxygen atoms in total. The molecule has 104 valence electrons. The van der Waals surface area contributed by atoms with Crippen LogP contribution in [0.15, 0.2) is 35.3 Å². The second kappa shape index (κ2) is 5.03. The summed E-state index contributed by atoms with van der Waals surface area (Å²) in [5, 5.41) is 6.97. The van der Waals surface area contributed by atoms with Gasteiger partial charge in [0.2, 0.25) is 0 Å². The zero-order valence-corrected chi connectivity index (χ0v) is 12.5. The lowest BCUT2D eigenvalue weighted by molar-refractivity contribution is 1.04. The van der Waals surface area contributed by atoms with Gasteiger partial charge in [-0.15, -0.1) is 22.7 Å². The summed E-state index contributed by atoms with van der Waals surface area (Å²) in [5.74, 6) is 0. The van der Waals surface area contributed by atoms with Crippen LogP contribution in [0.2, 0.25) is 0 Å². The third-order valence-corrected chi connectivity index (χ3v) is 4.91. The van der Waals surface area contributed by atoms with Gasteiger partial charge in [-0.25, -0.2) is 15.0 Å². The van der Waals surface area contributed by atoms with Crippen LogP contribution in [0.3, 0.4) is 0 Å². The van der Waals surface area contributed by atoms with Crippen molar-refractivity contribution < 1.29 is 0 Å². The number of hydrogen-bond donors (Lipinski definition) is 2. The average molecular weight is 313 g/mol. The lowest BCUT2D eigenvalue weighted by Gasteiger charge is -1.93. The Bertz CT molecular complexity index is 905. The number of H-pyrrole nitrogens is 1. The average Bonchev–Trinajstić information content (AvgIpc) is 3.24. The van der Waals surface area contributed by atoms with Gasteiger partial charge in [0.1, 0.15) is 21.4 Å². The number of nitrogens with zero attached hydrogens (tertiary/aromatic N) is 3. The Kier molecular flexibility index (Phi) is 3.03. The van der Waals surface area contributed by atoms with E-state index in [9.17, 15) is 0 Å². The smallest absolute Gasteiger partial charge is 0.143 e. The summed E-state index contributed by atoms with van der Waals surface area (Å²) in [5.41, 5.74) is 9.39. The Morgan fingerprint density at radius 3 is 2.90 bits per heavy atom. The predicted molar refractivity (Wildman–Crippen MR) is 86.2 cm³/mol. The Morgan fingerprint density at radius 1 is 1.14 bits per heavy atom. The molecule has 0 bridgehead atoms.